The summed E-state index contributed by atoms with van der Waals surface area (Å²) in [6.07, 6.45) is 0. The van der Waals surface area contributed by atoms with Crippen LogP contribution in [0.25, 0.3) is 0 Å². The van der Waals surface area contributed by atoms with Crippen LogP contribution in [0.5, 0.6) is 0 Å². The maximum absolute atomic E-state index is 0. The van der Waals surface area contributed by atoms with Gasteiger partial charge in [-0.1, -0.05) is 0 Å². The summed E-state index contributed by atoms with van der Waals surface area (Å²) < 4.78 is 0. The largest absolute Gasteiger partial charge is 1.00 e. The first kappa shape index (κ1) is 28.0. The fourth-order valence-corrected chi connectivity index (χ4v) is 0. The SMILES string of the molecule is [Fe].[H-].[K+].[SiH4].[Zn]. The minimum atomic E-state index is 0. The van der Waals surface area contributed by atoms with Crippen LogP contribution in [0, 0.1) is 0 Å². The summed E-state index contributed by atoms with van der Waals surface area (Å²) in [6.45, 7) is 0. The molecule has 0 spiro atoms. The van der Waals surface area contributed by atoms with E-state index in [1.807, 2.05) is 0 Å². The van der Waals surface area contributed by atoms with Crippen LogP contribution < -0.4 is 51.4 Å². The maximum atomic E-state index is 0. The molecule has 0 aromatic heterocycles. The second-order valence-corrected chi connectivity index (χ2v) is 0. The van der Waals surface area contributed by atoms with Gasteiger partial charge in [-0.2, -0.15) is 0 Å². The molecule has 0 aromatic rings. The first-order chi connectivity index (χ1) is 0. The van der Waals surface area contributed by atoms with E-state index in [0.717, 1.165) is 0 Å². The van der Waals surface area contributed by atoms with Gasteiger partial charge in [0.15, 0.2) is 0 Å². The molecule has 0 N–H and O–H groups in total. The van der Waals surface area contributed by atoms with E-state index in [4.69, 9.17) is 0 Å². The van der Waals surface area contributed by atoms with Gasteiger partial charge in [0, 0.05) is 36.5 Å². The second kappa shape index (κ2) is 16.7. The monoisotopic (exact) mass is 192 g/mol. The summed E-state index contributed by atoms with van der Waals surface area (Å²) in [5.74, 6) is 0. The third-order valence-electron chi connectivity index (χ3n) is 0. The Hall–Kier alpha value is 3.00. The third kappa shape index (κ3) is 8.89. The van der Waals surface area contributed by atoms with Crippen molar-refractivity contribution in [2.75, 3.05) is 0 Å². The summed E-state index contributed by atoms with van der Waals surface area (Å²) in [5, 5.41) is 0. The topological polar surface area (TPSA) is 0 Å². The second-order valence-electron chi connectivity index (χ2n) is 0. The van der Waals surface area contributed by atoms with E-state index in [1.54, 1.807) is 0 Å². The minimum absolute atomic E-state index is 0. The molecule has 0 saturated carbocycles. The molecule has 0 nitrogen and oxygen atoms in total. The van der Waals surface area contributed by atoms with Crippen molar-refractivity contribution >= 4 is 11.0 Å². The molecular weight excluding hydrogens is 188 g/mol. The van der Waals surface area contributed by atoms with E-state index in [9.17, 15) is 0 Å². The van der Waals surface area contributed by atoms with Crippen molar-refractivity contribution < 1.29 is 89.4 Å². The van der Waals surface area contributed by atoms with E-state index in [1.165, 1.54) is 0 Å². The summed E-state index contributed by atoms with van der Waals surface area (Å²) in [5.41, 5.74) is 0. The van der Waals surface area contributed by atoms with Crippen molar-refractivity contribution in [1.82, 2.24) is 0 Å². The molecule has 0 heterocycles. The average Bonchev–Trinajstić information content (AvgIpc) is 0. The summed E-state index contributed by atoms with van der Waals surface area (Å²) in [4.78, 5) is 0. The minimum Gasteiger partial charge on any atom is -1.00 e. The Balaban J connectivity index is 0. The van der Waals surface area contributed by atoms with Crippen LogP contribution in [-0.2, 0) is 36.5 Å². The standard InChI is InChI=1S/Fe.K.H4Si.Zn.H/h;;1H4;;/q;+1;;;-1. The van der Waals surface area contributed by atoms with Gasteiger partial charge in [0.1, 0.15) is 0 Å². The summed E-state index contributed by atoms with van der Waals surface area (Å²) in [7, 11) is 0. The molecule has 0 rings (SSSR count). The van der Waals surface area contributed by atoms with Crippen LogP contribution in [0.15, 0.2) is 0 Å². The van der Waals surface area contributed by atoms with Crippen LogP contribution >= 0.6 is 0 Å². The molecule has 0 unspecified atom stereocenters. The fourth-order valence-electron chi connectivity index (χ4n) is 0. The number of hydrogen-bond donors (Lipinski definition) is 0. The Labute approximate surface area is 98.0 Å². The molecule has 4 heteroatoms. The molecule has 0 radical (unpaired) electrons. The van der Waals surface area contributed by atoms with E-state index in [-0.39, 0.29) is 100 Å². The maximum Gasteiger partial charge on any atom is 1.00 e. The van der Waals surface area contributed by atoms with Crippen molar-refractivity contribution in [3.63, 3.8) is 0 Å². The molecule has 0 aliphatic rings. The molecule has 0 amide bonds. The number of rotatable bonds is 0. The van der Waals surface area contributed by atoms with Gasteiger partial charge in [-0.05, 0) is 11.0 Å². The molecule has 0 aliphatic carbocycles. The molecule has 4 heavy (non-hydrogen) atoms. The van der Waals surface area contributed by atoms with E-state index in [0.29, 0.717) is 0 Å². The molecular formula is H5FeKSiZn. The van der Waals surface area contributed by atoms with Crippen molar-refractivity contribution in [2.45, 2.75) is 0 Å². The Bertz CT molecular complexity index is 11.6. The van der Waals surface area contributed by atoms with E-state index < -0.39 is 0 Å². The van der Waals surface area contributed by atoms with Crippen molar-refractivity contribution in [3.8, 4) is 0 Å². The molecule has 0 aromatic carbocycles. The predicted octanol–water partition coefficient (Wildman–Crippen LogP) is -4.34. The first-order valence-electron chi connectivity index (χ1n) is 0. The van der Waals surface area contributed by atoms with Gasteiger partial charge < -0.3 is 1.43 Å². The van der Waals surface area contributed by atoms with Gasteiger partial charge in [-0.25, -0.2) is 0 Å². The van der Waals surface area contributed by atoms with Crippen LogP contribution in [0.1, 0.15) is 1.43 Å². The van der Waals surface area contributed by atoms with Gasteiger partial charge in [-0.15, -0.1) is 0 Å². The fraction of sp³-hybridized carbons (Fsp3) is 0. The van der Waals surface area contributed by atoms with Gasteiger partial charge in [0.2, 0.25) is 0 Å². The third-order valence-corrected chi connectivity index (χ3v) is 0. The Morgan fingerprint density at radius 3 is 1.25 bits per heavy atom. The molecule has 0 bridgehead atoms. The van der Waals surface area contributed by atoms with Crippen LogP contribution in [0.3, 0.4) is 0 Å². The van der Waals surface area contributed by atoms with E-state index in [2.05, 4.69) is 0 Å². The van der Waals surface area contributed by atoms with E-state index >= 15 is 0 Å². The predicted molar refractivity (Wildman–Crippen MR) is 12.4 cm³/mol. The zero-order chi connectivity index (χ0) is 0. The van der Waals surface area contributed by atoms with Crippen LogP contribution in [-0.4, -0.2) is 11.0 Å². The zero-order valence-electron chi connectivity index (χ0n) is 3.06. The molecule has 20 valence electrons. The van der Waals surface area contributed by atoms with Gasteiger partial charge in [0.05, 0.1) is 0 Å². The quantitative estimate of drug-likeness (QED) is 0.341. The molecule has 0 aliphatic heterocycles. The molecule has 0 fully saturated rings. The first-order valence-corrected chi connectivity index (χ1v) is 0. The molecule has 0 saturated heterocycles. The van der Waals surface area contributed by atoms with Crippen molar-refractivity contribution in [2.24, 2.45) is 0 Å². The summed E-state index contributed by atoms with van der Waals surface area (Å²) >= 11 is 0. The summed E-state index contributed by atoms with van der Waals surface area (Å²) in [6, 6.07) is 0. The van der Waals surface area contributed by atoms with Gasteiger partial charge >= 0.3 is 51.4 Å². The Morgan fingerprint density at radius 1 is 1.25 bits per heavy atom. The van der Waals surface area contributed by atoms with Gasteiger partial charge in [-0.3, -0.25) is 0 Å². The zero-order valence-corrected chi connectivity index (χ0v) is 9.26. The van der Waals surface area contributed by atoms with Crippen LogP contribution in [0.4, 0.5) is 0 Å². The Morgan fingerprint density at radius 2 is 1.25 bits per heavy atom. The average molecular weight is 193 g/mol. The smallest absolute Gasteiger partial charge is 1.00 e. The van der Waals surface area contributed by atoms with Crippen molar-refractivity contribution in [1.29, 1.82) is 0 Å². The van der Waals surface area contributed by atoms with Crippen molar-refractivity contribution in [3.05, 3.63) is 0 Å². The van der Waals surface area contributed by atoms with Crippen LogP contribution in [0.2, 0.25) is 0 Å². The number of hydrogen-bond acceptors (Lipinski definition) is 0. The Kier molecular flexibility index (Phi) is 117. The van der Waals surface area contributed by atoms with Gasteiger partial charge in [0.25, 0.3) is 0 Å². The normalized spacial score (nSPS) is 0. The molecule has 0 atom stereocenters.